The second-order valence-corrected chi connectivity index (χ2v) is 11.0. The molecule has 4 rings (SSSR count). The number of nitrogens with zero attached hydrogens (tertiary/aromatic N) is 1. The molecule has 1 amide bonds. The minimum atomic E-state index is -3.43. The molecular weight excluding hydrogens is 466 g/mol. The highest BCUT2D eigenvalue weighted by molar-refractivity contribution is 7.88. The molecule has 0 fully saturated rings. The smallest absolute Gasteiger partial charge is 0.262 e. The number of thiazole rings is 1. The molecule has 0 spiro atoms. The van der Waals surface area contributed by atoms with Gasteiger partial charge in [0.1, 0.15) is 5.75 Å². The monoisotopic (exact) mass is 487 g/mol. The molecule has 7 nitrogen and oxygen atoms in total. The molecule has 0 radical (unpaired) electrons. The van der Waals surface area contributed by atoms with Gasteiger partial charge in [0.15, 0.2) is 6.61 Å². The lowest BCUT2D eigenvalue weighted by Gasteiger charge is -2.10. The van der Waals surface area contributed by atoms with Crippen molar-refractivity contribution in [2.75, 3.05) is 18.5 Å². The SMILES string of the molecule is C=CCNS(=O)(=O)Cc1ccc(NC(=O)COc2cc3sc(C)nc3c3sccc23)cc1. The second-order valence-electron chi connectivity index (χ2n) is 7.05. The number of aryl methyl sites for hydroxylation is 1. The number of fused-ring (bicyclic) bond motifs is 3. The van der Waals surface area contributed by atoms with E-state index in [0.717, 1.165) is 25.3 Å². The zero-order chi connectivity index (χ0) is 22.7. The molecule has 2 aromatic heterocycles. The van der Waals surface area contributed by atoms with Gasteiger partial charge >= 0.3 is 0 Å². The van der Waals surface area contributed by atoms with Gasteiger partial charge in [0, 0.05) is 23.7 Å². The van der Waals surface area contributed by atoms with Crippen molar-refractivity contribution in [1.29, 1.82) is 0 Å². The Morgan fingerprint density at radius 1 is 1.25 bits per heavy atom. The van der Waals surface area contributed by atoms with Gasteiger partial charge in [0.05, 0.1) is 25.7 Å². The standard InChI is InChI=1S/C22H21N3O4S3/c1-3-9-23-32(27,28)13-15-4-6-16(7-5-15)25-20(26)12-29-18-11-19-21(24-14(2)31-19)22-17(18)8-10-30-22/h3-8,10-11,23H,1,9,12-13H2,2H3,(H,25,26). The number of thiophene rings is 1. The van der Waals surface area contributed by atoms with E-state index in [-0.39, 0.29) is 24.8 Å². The molecule has 0 aliphatic heterocycles. The van der Waals surface area contributed by atoms with Crippen molar-refractivity contribution in [3.05, 3.63) is 65.0 Å². The number of hydrogen-bond acceptors (Lipinski definition) is 7. The lowest BCUT2D eigenvalue weighted by atomic mass is 10.2. The van der Waals surface area contributed by atoms with Gasteiger partial charge in [-0.05, 0) is 36.1 Å². The number of carbonyl (C=O) groups is 1. The summed E-state index contributed by atoms with van der Waals surface area (Å²) in [6.45, 7) is 5.50. The summed E-state index contributed by atoms with van der Waals surface area (Å²) in [5.74, 6) is 0.205. The Morgan fingerprint density at radius 3 is 2.78 bits per heavy atom. The number of carbonyl (C=O) groups excluding carboxylic acids is 1. The quantitative estimate of drug-likeness (QED) is 0.340. The van der Waals surface area contributed by atoms with Crippen LogP contribution in [-0.4, -0.2) is 32.5 Å². The molecule has 0 atom stereocenters. The third-order valence-electron chi connectivity index (χ3n) is 4.57. The van der Waals surface area contributed by atoms with Gasteiger partial charge in [0.2, 0.25) is 10.0 Å². The molecular formula is C22H21N3O4S3. The molecule has 166 valence electrons. The third kappa shape index (κ3) is 5.16. The largest absolute Gasteiger partial charge is 0.483 e. The number of aromatic nitrogens is 1. The normalized spacial score (nSPS) is 11.7. The predicted octanol–water partition coefficient (Wildman–Crippen LogP) is 4.44. The summed E-state index contributed by atoms with van der Waals surface area (Å²) in [5.41, 5.74) is 2.15. The number of nitrogens with one attached hydrogen (secondary N) is 2. The zero-order valence-corrected chi connectivity index (χ0v) is 19.7. The summed E-state index contributed by atoms with van der Waals surface area (Å²) < 4.78 is 34.2. The van der Waals surface area contributed by atoms with Crippen molar-refractivity contribution in [1.82, 2.24) is 9.71 Å². The van der Waals surface area contributed by atoms with Crippen LogP contribution in [0.4, 0.5) is 5.69 Å². The van der Waals surface area contributed by atoms with Crippen molar-refractivity contribution in [2.24, 2.45) is 0 Å². The fourth-order valence-electron chi connectivity index (χ4n) is 3.19. The molecule has 0 bridgehead atoms. The van der Waals surface area contributed by atoms with Crippen molar-refractivity contribution in [3.8, 4) is 5.75 Å². The van der Waals surface area contributed by atoms with Crippen molar-refractivity contribution in [2.45, 2.75) is 12.7 Å². The van der Waals surface area contributed by atoms with Crippen molar-refractivity contribution < 1.29 is 17.9 Å². The van der Waals surface area contributed by atoms with Crippen LogP contribution in [0.25, 0.3) is 20.3 Å². The fraction of sp³-hybridized carbons (Fsp3) is 0.182. The van der Waals surface area contributed by atoms with Crippen LogP contribution in [-0.2, 0) is 20.6 Å². The van der Waals surface area contributed by atoms with Crippen LogP contribution in [0.2, 0.25) is 0 Å². The topological polar surface area (TPSA) is 97.4 Å². The van der Waals surface area contributed by atoms with Gasteiger partial charge in [-0.2, -0.15) is 0 Å². The van der Waals surface area contributed by atoms with Crippen molar-refractivity contribution in [3.63, 3.8) is 0 Å². The van der Waals surface area contributed by atoms with E-state index in [1.54, 1.807) is 46.9 Å². The van der Waals surface area contributed by atoms with E-state index in [9.17, 15) is 13.2 Å². The molecule has 2 heterocycles. The molecule has 4 aromatic rings. The second kappa shape index (κ2) is 9.37. The number of sulfonamides is 1. The highest BCUT2D eigenvalue weighted by atomic mass is 32.2. The molecule has 32 heavy (non-hydrogen) atoms. The molecule has 0 aliphatic carbocycles. The van der Waals surface area contributed by atoms with E-state index in [1.165, 1.54) is 6.08 Å². The minimum Gasteiger partial charge on any atom is -0.483 e. The van der Waals surface area contributed by atoms with E-state index >= 15 is 0 Å². The predicted molar refractivity (Wildman–Crippen MR) is 131 cm³/mol. The van der Waals surface area contributed by atoms with E-state index in [1.807, 2.05) is 24.4 Å². The minimum absolute atomic E-state index is 0.143. The molecule has 0 unspecified atom stereocenters. The number of anilines is 1. The van der Waals surface area contributed by atoms with Crippen LogP contribution in [0.15, 0.2) is 54.4 Å². The number of benzene rings is 2. The molecule has 0 saturated carbocycles. The molecule has 0 saturated heterocycles. The maximum Gasteiger partial charge on any atom is 0.262 e. The Labute approximate surface area is 193 Å². The molecule has 2 N–H and O–H groups in total. The first kappa shape index (κ1) is 22.4. The van der Waals surface area contributed by atoms with Crippen LogP contribution < -0.4 is 14.8 Å². The Bertz CT molecular complexity index is 1390. The maximum atomic E-state index is 12.4. The summed E-state index contributed by atoms with van der Waals surface area (Å²) in [6.07, 6.45) is 1.48. The number of rotatable bonds is 9. The number of amides is 1. The lowest BCUT2D eigenvalue weighted by Crippen LogP contribution is -2.25. The van der Waals surface area contributed by atoms with Crippen molar-refractivity contribution >= 4 is 64.6 Å². The van der Waals surface area contributed by atoms with Gasteiger partial charge < -0.3 is 10.1 Å². The van der Waals surface area contributed by atoms with Crippen LogP contribution in [0.3, 0.4) is 0 Å². The first-order chi connectivity index (χ1) is 15.3. The lowest BCUT2D eigenvalue weighted by molar-refractivity contribution is -0.118. The number of hydrogen-bond donors (Lipinski definition) is 2. The Hall–Kier alpha value is -2.79. The van der Waals surface area contributed by atoms with Gasteiger partial charge in [-0.1, -0.05) is 18.2 Å². The first-order valence-electron chi connectivity index (χ1n) is 9.72. The van der Waals surface area contributed by atoms with E-state index in [4.69, 9.17) is 4.74 Å². The average molecular weight is 488 g/mol. The zero-order valence-electron chi connectivity index (χ0n) is 17.3. The molecule has 0 aliphatic rings. The van der Waals surface area contributed by atoms with Gasteiger partial charge in [-0.25, -0.2) is 18.1 Å². The highest BCUT2D eigenvalue weighted by Gasteiger charge is 2.14. The fourth-order valence-corrected chi connectivity index (χ4v) is 6.13. The molecule has 2 aromatic carbocycles. The summed E-state index contributed by atoms with van der Waals surface area (Å²) in [7, 11) is -3.43. The van der Waals surface area contributed by atoms with Crippen LogP contribution in [0.5, 0.6) is 5.75 Å². The van der Waals surface area contributed by atoms with E-state index in [0.29, 0.717) is 17.0 Å². The Morgan fingerprint density at radius 2 is 2.03 bits per heavy atom. The van der Waals surface area contributed by atoms with Crippen LogP contribution in [0.1, 0.15) is 10.6 Å². The first-order valence-corrected chi connectivity index (χ1v) is 13.1. The molecule has 10 heteroatoms. The summed E-state index contributed by atoms with van der Waals surface area (Å²) in [4.78, 5) is 17.0. The Kier molecular flexibility index (Phi) is 6.56. The van der Waals surface area contributed by atoms with Crippen LogP contribution in [0, 0.1) is 6.92 Å². The number of ether oxygens (including phenoxy) is 1. The summed E-state index contributed by atoms with van der Waals surface area (Å²) >= 11 is 3.20. The Balaban J connectivity index is 1.39. The third-order valence-corrected chi connectivity index (χ3v) is 7.73. The van der Waals surface area contributed by atoms with E-state index < -0.39 is 10.0 Å². The van der Waals surface area contributed by atoms with Gasteiger partial charge in [-0.3, -0.25) is 4.79 Å². The highest BCUT2D eigenvalue weighted by Crippen LogP contribution is 2.38. The van der Waals surface area contributed by atoms with Crippen LogP contribution >= 0.6 is 22.7 Å². The van der Waals surface area contributed by atoms with Gasteiger partial charge in [0.25, 0.3) is 5.91 Å². The average Bonchev–Trinajstić information content (AvgIpc) is 3.38. The maximum absolute atomic E-state index is 12.4. The summed E-state index contributed by atoms with van der Waals surface area (Å²) in [6, 6.07) is 10.6. The summed E-state index contributed by atoms with van der Waals surface area (Å²) in [5, 5.41) is 6.68. The van der Waals surface area contributed by atoms with Gasteiger partial charge in [-0.15, -0.1) is 29.3 Å². The van der Waals surface area contributed by atoms with E-state index in [2.05, 4.69) is 21.6 Å².